The van der Waals surface area contributed by atoms with Gasteiger partial charge in [0, 0.05) is 17.6 Å². The van der Waals surface area contributed by atoms with Gasteiger partial charge in [-0.3, -0.25) is 14.9 Å². The number of hydrogen-bond acceptors (Lipinski definition) is 5. The van der Waals surface area contributed by atoms with Crippen LogP contribution in [0, 0.1) is 10.1 Å². The fraction of sp³-hybridized carbons (Fsp3) is 0.462. The van der Waals surface area contributed by atoms with Crippen molar-refractivity contribution in [1.29, 1.82) is 0 Å². The molecule has 0 saturated heterocycles. The molecule has 0 bridgehead atoms. The van der Waals surface area contributed by atoms with Gasteiger partial charge >= 0.3 is 5.69 Å². The summed E-state index contributed by atoms with van der Waals surface area (Å²) in [6, 6.07) is 4.02. The first kappa shape index (κ1) is 17.2. The van der Waals surface area contributed by atoms with Gasteiger partial charge in [0.05, 0.1) is 4.92 Å². The van der Waals surface area contributed by atoms with Gasteiger partial charge in [0.15, 0.2) is 11.9 Å². The van der Waals surface area contributed by atoms with Crippen molar-refractivity contribution < 1.29 is 14.5 Å². The maximum atomic E-state index is 11.8. The summed E-state index contributed by atoms with van der Waals surface area (Å²) in [7, 11) is 0. The lowest BCUT2D eigenvalue weighted by molar-refractivity contribution is -0.386. The average Bonchev–Trinajstić information content (AvgIpc) is 2.44. The molecule has 3 N–H and O–H groups in total. The van der Waals surface area contributed by atoms with Crippen molar-refractivity contribution in [2.75, 3.05) is 13.1 Å². The van der Waals surface area contributed by atoms with Gasteiger partial charge in [0.25, 0.3) is 5.91 Å². The molecule has 1 unspecified atom stereocenters. The van der Waals surface area contributed by atoms with Gasteiger partial charge in [0.2, 0.25) is 0 Å². The molecule has 1 atom stereocenters. The zero-order valence-electron chi connectivity index (χ0n) is 11.7. The second-order valence-corrected chi connectivity index (χ2v) is 4.85. The van der Waals surface area contributed by atoms with E-state index in [1.165, 1.54) is 25.1 Å². The molecule has 0 aliphatic carbocycles. The molecule has 8 heteroatoms. The van der Waals surface area contributed by atoms with Crippen molar-refractivity contribution in [1.82, 2.24) is 5.32 Å². The molecule has 0 spiro atoms. The lowest BCUT2D eigenvalue weighted by Gasteiger charge is -2.14. The molecule has 0 fully saturated rings. The Morgan fingerprint density at radius 2 is 2.24 bits per heavy atom. The number of nitro benzene ring substituents is 1. The fourth-order valence-electron chi connectivity index (χ4n) is 1.60. The van der Waals surface area contributed by atoms with Crippen molar-refractivity contribution in [2.24, 2.45) is 5.73 Å². The monoisotopic (exact) mass is 315 g/mol. The molecular weight excluding hydrogens is 298 g/mol. The molecule has 0 saturated carbocycles. The molecule has 0 heterocycles. The average molecular weight is 316 g/mol. The molecule has 21 heavy (non-hydrogen) atoms. The first-order valence-electron chi connectivity index (χ1n) is 6.54. The zero-order chi connectivity index (χ0) is 15.8. The van der Waals surface area contributed by atoms with Crippen LogP contribution in [0.5, 0.6) is 5.75 Å². The van der Waals surface area contributed by atoms with E-state index < -0.39 is 11.0 Å². The van der Waals surface area contributed by atoms with Gasteiger partial charge < -0.3 is 15.8 Å². The van der Waals surface area contributed by atoms with Crippen LogP contribution >= 0.6 is 11.6 Å². The minimum atomic E-state index is -0.845. The number of amides is 1. The van der Waals surface area contributed by atoms with E-state index in [0.717, 1.165) is 12.8 Å². The van der Waals surface area contributed by atoms with Gasteiger partial charge in [-0.25, -0.2) is 0 Å². The van der Waals surface area contributed by atoms with E-state index in [1.807, 2.05) is 0 Å². The number of ether oxygens (including phenoxy) is 1. The van der Waals surface area contributed by atoms with Crippen LogP contribution in [0.3, 0.4) is 0 Å². The largest absolute Gasteiger partial charge is 0.474 e. The molecule has 1 rings (SSSR count). The summed E-state index contributed by atoms with van der Waals surface area (Å²) in [6.07, 6.45) is 0.747. The number of nitrogens with one attached hydrogen (secondary N) is 1. The van der Waals surface area contributed by atoms with Crippen molar-refractivity contribution in [3.05, 3.63) is 33.3 Å². The highest BCUT2D eigenvalue weighted by molar-refractivity contribution is 6.30. The van der Waals surface area contributed by atoms with E-state index in [0.29, 0.717) is 13.1 Å². The van der Waals surface area contributed by atoms with Gasteiger partial charge in [-0.2, -0.15) is 0 Å². The number of carbonyl (C=O) groups excluding carboxylic acids is 1. The molecule has 1 amide bonds. The molecule has 1 aromatic rings. The number of hydrogen-bond donors (Lipinski definition) is 2. The Labute approximate surface area is 127 Å². The van der Waals surface area contributed by atoms with Crippen LogP contribution in [0.2, 0.25) is 5.02 Å². The first-order valence-corrected chi connectivity index (χ1v) is 6.92. The third-order valence-corrected chi connectivity index (χ3v) is 2.96. The quantitative estimate of drug-likeness (QED) is 0.432. The second-order valence-electron chi connectivity index (χ2n) is 4.42. The van der Waals surface area contributed by atoms with Crippen LogP contribution in [0.4, 0.5) is 5.69 Å². The maximum Gasteiger partial charge on any atom is 0.312 e. The van der Waals surface area contributed by atoms with E-state index in [-0.39, 0.29) is 22.4 Å². The van der Waals surface area contributed by atoms with Crippen LogP contribution in [-0.2, 0) is 4.79 Å². The summed E-state index contributed by atoms with van der Waals surface area (Å²) in [5.74, 6) is -0.328. The van der Waals surface area contributed by atoms with Gasteiger partial charge in [-0.05, 0) is 38.4 Å². The van der Waals surface area contributed by atoms with Crippen molar-refractivity contribution >= 4 is 23.2 Å². The Balaban J connectivity index is 2.63. The van der Waals surface area contributed by atoms with Crippen molar-refractivity contribution in [3.8, 4) is 5.75 Å². The molecule has 0 aliphatic heterocycles. The van der Waals surface area contributed by atoms with Crippen molar-refractivity contribution in [3.63, 3.8) is 0 Å². The summed E-state index contributed by atoms with van der Waals surface area (Å²) >= 11 is 5.71. The highest BCUT2D eigenvalue weighted by Gasteiger charge is 2.21. The molecule has 116 valence electrons. The van der Waals surface area contributed by atoms with Gasteiger partial charge in [-0.1, -0.05) is 11.6 Å². The predicted octanol–water partition coefficient (Wildman–Crippen LogP) is 1.87. The summed E-state index contributed by atoms with van der Waals surface area (Å²) in [5.41, 5.74) is 5.08. The van der Waals surface area contributed by atoms with E-state index in [9.17, 15) is 14.9 Å². The summed E-state index contributed by atoms with van der Waals surface area (Å²) in [5, 5.41) is 13.8. The number of rotatable bonds is 8. The highest BCUT2D eigenvalue weighted by Crippen LogP contribution is 2.30. The Morgan fingerprint density at radius 3 is 2.86 bits per heavy atom. The number of halogens is 1. The number of nitrogens with two attached hydrogens (primary N) is 1. The summed E-state index contributed by atoms with van der Waals surface area (Å²) in [4.78, 5) is 22.1. The van der Waals surface area contributed by atoms with Crippen LogP contribution in [0.1, 0.15) is 19.8 Å². The van der Waals surface area contributed by atoms with E-state index in [2.05, 4.69) is 5.32 Å². The highest BCUT2D eigenvalue weighted by atomic mass is 35.5. The lowest BCUT2D eigenvalue weighted by Crippen LogP contribution is -2.37. The minimum absolute atomic E-state index is 0.00834. The van der Waals surface area contributed by atoms with Crippen LogP contribution in [0.25, 0.3) is 0 Å². The van der Waals surface area contributed by atoms with Crippen LogP contribution < -0.4 is 15.8 Å². The van der Waals surface area contributed by atoms with Crippen LogP contribution in [-0.4, -0.2) is 30.0 Å². The zero-order valence-corrected chi connectivity index (χ0v) is 12.4. The molecular formula is C13H18ClN3O4. The molecule has 0 aromatic heterocycles. The number of nitro groups is 1. The smallest absolute Gasteiger partial charge is 0.312 e. The van der Waals surface area contributed by atoms with E-state index in [4.69, 9.17) is 22.1 Å². The third kappa shape index (κ3) is 5.57. The van der Waals surface area contributed by atoms with Gasteiger partial charge in [0.1, 0.15) is 0 Å². The summed E-state index contributed by atoms with van der Waals surface area (Å²) < 4.78 is 5.34. The third-order valence-electron chi connectivity index (χ3n) is 2.72. The Morgan fingerprint density at radius 1 is 1.52 bits per heavy atom. The molecule has 1 aromatic carbocycles. The lowest BCUT2D eigenvalue weighted by atomic mass is 10.2. The Hall–Kier alpha value is -1.86. The molecule has 7 nitrogen and oxygen atoms in total. The normalized spacial score (nSPS) is 11.8. The van der Waals surface area contributed by atoms with E-state index >= 15 is 0 Å². The predicted molar refractivity (Wildman–Crippen MR) is 79.5 cm³/mol. The number of unbranched alkanes of at least 4 members (excludes halogenated alkanes) is 1. The standard InChI is InChI=1S/C13H18ClN3O4/c1-9(13(18)16-7-3-2-6-15)21-12-5-4-10(14)8-11(12)17(19)20/h4-5,8-9H,2-3,6-7,15H2,1H3,(H,16,18). The molecule has 0 aliphatic rings. The number of nitrogens with zero attached hydrogens (tertiary/aromatic N) is 1. The molecule has 0 radical (unpaired) electrons. The van der Waals surface area contributed by atoms with Crippen molar-refractivity contribution in [2.45, 2.75) is 25.9 Å². The summed E-state index contributed by atoms with van der Waals surface area (Å²) in [6.45, 7) is 2.59. The number of benzene rings is 1. The van der Waals surface area contributed by atoms with Gasteiger partial charge in [-0.15, -0.1) is 0 Å². The van der Waals surface area contributed by atoms with Crippen LogP contribution in [0.15, 0.2) is 18.2 Å². The minimum Gasteiger partial charge on any atom is -0.474 e. The second kappa shape index (κ2) is 8.43. The maximum absolute atomic E-state index is 11.8. The topological polar surface area (TPSA) is 107 Å². The Kier molecular flexibility index (Phi) is 6.90. The fourth-order valence-corrected chi connectivity index (χ4v) is 1.77. The Bertz CT molecular complexity index is 510. The number of carbonyl (C=O) groups is 1. The van der Waals surface area contributed by atoms with E-state index in [1.54, 1.807) is 0 Å². The SMILES string of the molecule is CC(Oc1ccc(Cl)cc1[N+](=O)[O-])C(=O)NCCCCN. The first-order chi connectivity index (χ1) is 9.95.